The highest BCUT2D eigenvalue weighted by molar-refractivity contribution is 5.79. The van der Waals surface area contributed by atoms with Crippen LogP contribution < -0.4 is 10.6 Å². The fraction of sp³-hybridized carbons (Fsp3) is 0.857. The molecule has 114 valence electrons. The van der Waals surface area contributed by atoms with Crippen LogP contribution in [-0.2, 0) is 9.53 Å². The van der Waals surface area contributed by atoms with Crippen molar-refractivity contribution in [2.75, 3.05) is 39.8 Å². The molecule has 0 aromatic heterocycles. The normalized spacial score (nSPS) is 22.4. The molecular formula is C14H26N4O2. The average molecular weight is 282 g/mol. The second-order valence-electron chi connectivity index (χ2n) is 5.91. The predicted molar refractivity (Wildman–Crippen MR) is 77.1 cm³/mol. The van der Waals surface area contributed by atoms with Crippen LogP contribution in [0.1, 0.15) is 20.8 Å². The number of likely N-dealkylation sites (N-methyl/N-ethyl adjacent to an activating group) is 1. The second kappa shape index (κ2) is 7.58. The van der Waals surface area contributed by atoms with Gasteiger partial charge in [-0.1, -0.05) is 13.8 Å². The van der Waals surface area contributed by atoms with Crippen molar-refractivity contribution in [1.82, 2.24) is 15.5 Å². The monoisotopic (exact) mass is 282 g/mol. The molecular weight excluding hydrogens is 256 g/mol. The Morgan fingerprint density at radius 2 is 2.35 bits per heavy atom. The topological polar surface area (TPSA) is 77.4 Å². The maximum atomic E-state index is 12.0. The van der Waals surface area contributed by atoms with Gasteiger partial charge in [0.05, 0.1) is 25.3 Å². The van der Waals surface area contributed by atoms with Gasteiger partial charge in [-0.3, -0.25) is 9.69 Å². The van der Waals surface area contributed by atoms with Gasteiger partial charge in [-0.2, -0.15) is 5.26 Å². The van der Waals surface area contributed by atoms with Gasteiger partial charge in [-0.25, -0.2) is 0 Å². The molecule has 1 rings (SSSR count). The molecule has 1 heterocycles. The van der Waals surface area contributed by atoms with Crippen molar-refractivity contribution >= 4 is 5.91 Å². The number of carbonyl (C=O) groups is 1. The molecule has 0 spiro atoms. The second-order valence-corrected chi connectivity index (χ2v) is 5.91. The number of morpholine rings is 1. The summed E-state index contributed by atoms with van der Waals surface area (Å²) in [5.41, 5.74) is -0.819. The number of amides is 1. The van der Waals surface area contributed by atoms with E-state index in [0.29, 0.717) is 13.2 Å². The van der Waals surface area contributed by atoms with Crippen molar-refractivity contribution in [2.45, 2.75) is 32.4 Å². The Morgan fingerprint density at radius 3 is 2.85 bits per heavy atom. The van der Waals surface area contributed by atoms with E-state index < -0.39 is 5.54 Å². The Hall–Kier alpha value is -1.16. The van der Waals surface area contributed by atoms with Gasteiger partial charge in [0.15, 0.2) is 0 Å². The standard InChI is InChI=1S/C14H26N4O2/c1-11(2)14(3,10-15)17-13(19)9-18(4)8-12-7-16-5-6-20-12/h11-12,16H,5-9H2,1-4H3,(H,17,19). The molecule has 0 saturated carbocycles. The van der Waals surface area contributed by atoms with Gasteiger partial charge in [-0.05, 0) is 19.9 Å². The largest absolute Gasteiger partial charge is 0.374 e. The molecule has 6 nitrogen and oxygen atoms in total. The van der Waals surface area contributed by atoms with Gasteiger partial charge in [0.25, 0.3) is 0 Å². The van der Waals surface area contributed by atoms with Crippen LogP contribution in [0, 0.1) is 17.2 Å². The third-order valence-electron chi connectivity index (χ3n) is 3.72. The summed E-state index contributed by atoms with van der Waals surface area (Å²) in [5.74, 6) is -0.0679. The highest BCUT2D eigenvalue weighted by Crippen LogP contribution is 2.14. The minimum atomic E-state index is -0.819. The van der Waals surface area contributed by atoms with Gasteiger partial charge >= 0.3 is 0 Å². The lowest BCUT2D eigenvalue weighted by molar-refractivity contribution is -0.124. The lowest BCUT2D eigenvalue weighted by Gasteiger charge is -2.30. The number of hydrogen-bond donors (Lipinski definition) is 2. The zero-order valence-electron chi connectivity index (χ0n) is 12.9. The van der Waals surface area contributed by atoms with Crippen molar-refractivity contribution in [1.29, 1.82) is 5.26 Å². The molecule has 2 N–H and O–H groups in total. The van der Waals surface area contributed by atoms with E-state index in [1.165, 1.54) is 0 Å². The van der Waals surface area contributed by atoms with Crippen LogP contribution >= 0.6 is 0 Å². The van der Waals surface area contributed by atoms with Crippen LogP contribution in [0.2, 0.25) is 0 Å². The van der Waals surface area contributed by atoms with E-state index in [1.807, 2.05) is 25.8 Å². The van der Waals surface area contributed by atoms with Crippen LogP contribution in [-0.4, -0.2) is 62.3 Å². The van der Waals surface area contributed by atoms with Gasteiger partial charge in [0.1, 0.15) is 5.54 Å². The number of carbonyl (C=O) groups excluding carboxylic acids is 1. The van der Waals surface area contributed by atoms with Crippen LogP contribution in [0.25, 0.3) is 0 Å². The Kier molecular flexibility index (Phi) is 6.40. The molecule has 2 atom stereocenters. The summed E-state index contributed by atoms with van der Waals surface area (Å²) in [5, 5.41) is 15.3. The summed E-state index contributed by atoms with van der Waals surface area (Å²) in [6.45, 7) is 8.98. The SMILES string of the molecule is CC(C)C(C)(C#N)NC(=O)CN(C)CC1CNCCO1. The lowest BCUT2D eigenvalue weighted by atomic mass is 9.90. The fourth-order valence-corrected chi connectivity index (χ4v) is 2.02. The first-order valence-electron chi connectivity index (χ1n) is 7.10. The van der Waals surface area contributed by atoms with Crippen molar-refractivity contribution < 1.29 is 9.53 Å². The molecule has 20 heavy (non-hydrogen) atoms. The summed E-state index contributed by atoms with van der Waals surface area (Å²) in [7, 11) is 1.89. The number of nitriles is 1. The van der Waals surface area contributed by atoms with E-state index in [-0.39, 0.29) is 24.5 Å². The van der Waals surface area contributed by atoms with E-state index >= 15 is 0 Å². The van der Waals surface area contributed by atoms with E-state index in [1.54, 1.807) is 6.92 Å². The summed E-state index contributed by atoms with van der Waals surface area (Å²) in [6.07, 6.45) is 0.119. The molecule has 0 aromatic rings. The summed E-state index contributed by atoms with van der Waals surface area (Å²) < 4.78 is 5.60. The van der Waals surface area contributed by atoms with Gasteiger partial charge in [0.2, 0.25) is 5.91 Å². The molecule has 0 radical (unpaired) electrons. The Bertz CT molecular complexity index is 361. The number of ether oxygens (including phenoxy) is 1. The number of nitrogens with one attached hydrogen (secondary N) is 2. The molecule has 1 saturated heterocycles. The summed E-state index contributed by atoms with van der Waals surface area (Å²) >= 11 is 0. The molecule has 0 bridgehead atoms. The Balaban J connectivity index is 2.39. The van der Waals surface area contributed by atoms with E-state index in [2.05, 4.69) is 16.7 Å². The van der Waals surface area contributed by atoms with Crippen molar-refractivity contribution in [3.63, 3.8) is 0 Å². The van der Waals surface area contributed by atoms with Crippen LogP contribution in [0.15, 0.2) is 0 Å². The molecule has 1 fully saturated rings. The zero-order valence-corrected chi connectivity index (χ0v) is 12.9. The maximum Gasteiger partial charge on any atom is 0.235 e. The molecule has 1 amide bonds. The number of rotatable bonds is 6. The predicted octanol–water partition coefficient (Wildman–Crippen LogP) is -0.0389. The highest BCUT2D eigenvalue weighted by atomic mass is 16.5. The third kappa shape index (κ3) is 5.08. The fourth-order valence-electron chi connectivity index (χ4n) is 2.02. The van der Waals surface area contributed by atoms with Crippen molar-refractivity contribution in [2.24, 2.45) is 5.92 Å². The maximum absolute atomic E-state index is 12.0. The van der Waals surface area contributed by atoms with E-state index in [0.717, 1.165) is 13.1 Å². The lowest BCUT2D eigenvalue weighted by Crippen LogP contribution is -2.52. The van der Waals surface area contributed by atoms with Crippen LogP contribution in [0.3, 0.4) is 0 Å². The molecule has 2 unspecified atom stereocenters. The first kappa shape index (κ1) is 16.9. The van der Waals surface area contributed by atoms with Crippen molar-refractivity contribution in [3.05, 3.63) is 0 Å². The molecule has 1 aliphatic rings. The first-order chi connectivity index (χ1) is 9.37. The zero-order chi connectivity index (χ0) is 15.2. The summed E-state index contributed by atoms with van der Waals surface area (Å²) in [4.78, 5) is 13.9. The van der Waals surface area contributed by atoms with Crippen molar-refractivity contribution in [3.8, 4) is 6.07 Å². The molecule has 0 aromatic carbocycles. The number of hydrogen-bond acceptors (Lipinski definition) is 5. The summed E-state index contributed by atoms with van der Waals surface area (Å²) in [6, 6.07) is 2.18. The van der Waals surface area contributed by atoms with E-state index in [9.17, 15) is 10.1 Å². The minimum absolute atomic E-state index is 0.0626. The molecule has 1 aliphatic heterocycles. The number of nitrogens with zero attached hydrogens (tertiary/aromatic N) is 2. The highest BCUT2D eigenvalue weighted by Gasteiger charge is 2.30. The Morgan fingerprint density at radius 1 is 1.65 bits per heavy atom. The quantitative estimate of drug-likeness (QED) is 0.715. The van der Waals surface area contributed by atoms with Gasteiger partial charge in [-0.15, -0.1) is 0 Å². The smallest absolute Gasteiger partial charge is 0.235 e. The third-order valence-corrected chi connectivity index (χ3v) is 3.72. The molecule has 6 heteroatoms. The van der Waals surface area contributed by atoms with Gasteiger partial charge in [0, 0.05) is 19.6 Å². The molecule has 0 aliphatic carbocycles. The Labute approximate surface area is 121 Å². The minimum Gasteiger partial charge on any atom is -0.374 e. The van der Waals surface area contributed by atoms with Gasteiger partial charge < -0.3 is 15.4 Å². The first-order valence-corrected chi connectivity index (χ1v) is 7.10. The van der Waals surface area contributed by atoms with Crippen LogP contribution in [0.5, 0.6) is 0 Å². The average Bonchev–Trinajstić information content (AvgIpc) is 2.39. The van der Waals surface area contributed by atoms with E-state index in [4.69, 9.17) is 4.74 Å². The van der Waals surface area contributed by atoms with Crippen LogP contribution in [0.4, 0.5) is 0 Å².